The molecule has 1 N–H and O–H groups in total. The van der Waals surface area contributed by atoms with Crippen molar-refractivity contribution >= 4 is 5.91 Å². The van der Waals surface area contributed by atoms with E-state index >= 15 is 0 Å². The minimum atomic E-state index is 0.0368. The van der Waals surface area contributed by atoms with Gasteiger partial charge in [-0.1, -0.05) is 36.4 Å². The lowest BCUT2D eigenvalue weighted by molar-refractivity contribution is -0.120. The molecule has 0 fully saturated rings. The molecule has 0 spiro atoms. The Morgan fingerprint density at radius 3 is 2.52 bits per heavy atom. The van der Waals surface area contributed by atoms with Gasteiger partial charge in [0.05, 0.1) is 20.1 Å². The number of hydrogen-bond donors (Lipinski definition) is 1. The first-order chi connectivity index (χ1) is 11.2. The van der Waals surface area contributed by atoms with E-state index in [0.717, 1.165) is 29.0 Å². The van der Waals surface area contributed by atoms with Crippen LogP contribution in [0.4, 0.5) is 0 Å². The molecular formula is C19H23NO3. The van der Waals surface area contributed by atoms with E-state index in [9.17, 15) is 4.79 Å². The highest BCUT2D eigenvalue weighted by Gasteiger charge is 2.06. The summed E-state index contributed by atoms with van der Waals surface area (Å²) in [7, 11) is 1.63. The van der Waals surface area contributed by atoms with Gasteiger partial charge in [0.1, 0.15) is 0 Å². The fraction of sp³-hybridized carbons (Fsp3) is 0.316. The van der Waals surface area contributed by atoms with E-state index in [1.54, 1.807) is 7.11 Å². The van der Waals surface area contributed by atoms with E-state index < -0.39 is 0 Å². The lowest BCUT2D eigenvalue weighted by Crippen LogP contribution is -2.27. The van der Waals surface area contributed by atoms with Crippen LogP contribution in [0.3, 0.4) is 0 Å². The average molecular weight is 313 g/mol. The molecule has 1 amide bonds. The van der Waals surface area contributed by atoms with E-state index in [-0.39, 0.29) is 5.91 Å². The van der Waals surface area contributed by atoms with Crippen LogP contribution in [-0.2, 0) is 17.6 Å². The van der Waals surface area contributed by atoms with E-state index in [4.69, 9.17) is 9.47 Å². The van der Waals surface area contributed by atoms with Crippen LogP contribution in [0.2, 0.25) is 0 Å². The smallest absolute Gasteiger partial charge is 0.224 e. The van der Waals surface area contributed by atoms with Crippen molar-refractivity contribution in [2.45, 2.75) is 19.8 Å². The number of hydrogen-bond acceptors (Lipinski definition) is 3. The van der Waals surface area contributed by atoms with Crippen molar-refractivity contribution in [1.82, 2.24) is 5.32 Å². The van der Waals surface area contributed by atoms with Crippen LogP contribution < -0.4 is 14.8 Å². The maximum atomic E-state index is 11.9. The summed E-state index contributed by atoms with van der Waals surface area (Å²) in [6, 6.07) is 15.6. The Kier molecular flexibility index (Phi) is 6.48. The van der Waals surface area contributed by atoms with Gasteiger partial charge in [-0.2, -0.15) is 0 Å². The number of carbonyl (C=O) groups excluding carboxylic acids is 1. The standard InChI is InChI=1S/C19H23NO3/c1-3-23-18-13-16(9-10-17(18)22-2)11-12-20-19(21)14-15-7-5-4-6-8-15/h4-10,13H,3,11-12,14H2,1-2H3,(H,20,21). The molecule has 0 aliphatic rings. The Labute approximate surface area is 137 Å². The predicted molar refractivity (Wildman–Crippen MR) is 91.0 cm³/mol. The zero-order valence-corrected chi connectivity index (χ0v) is 13.7. The van der Waals surface area contributed by atoms with Crippen molar-refractivity contribution in [3.63, 3.8) is 0 Å². The van der Waals surface area contributed by atoms with Crippen molar-refractivity contribution in [3.8, 4) is 11.5 Å². The van der Waals surface area contributed by atoms with Crippen LogP contribution in [0.15, 0.2) is 48.5 Å². The Bertz CT molecular complexity index is 626. The molecule has 0 aromatic heterocycles. The van der Waals surface area contributed by atoms with Gasteiger partial charge >= 0.3 is 0 Å². The number of amides is 1. The zero-order chi connectivity index (χ0) is 16.5. The molecule has 4 heteroatoms. The molecule has 2 rings (SSSR count). The van der Waals surface area contributed by atoms with Crippen LogP contribution in [0.25, 0.3) is 0 Å². The van der Waals surface area contributed by atoms with Crippen molar-refractivity contribution in [1.29, 1.82) is 0 Å². The van der Waals surface area contributed by atoms with Gasteiger partial charge in [-0.15, -0.1) is 0 Å². The first-order valence-corrected chi connectivity index (χ1v) is 7.83. The summed E-state index contributed by atoms with van der Waals surface area (Å²) in [5.74, 6) is 1.50. The van der Waals surface area contributed by atoms with E-state index in [1.807, 2.05) is 55.5 Å². The molecule has 0 bridgehead atoms. The average Bonchev–Trinajstić information content (AvgIpc) is 2.56. The van der Waals surface area contributed by atoms with E-state index in [0.29, 0.717) is 19.6 Å². The molecule has 0 saturated carbocycles. The van der Waals surface area contributed by atoms with Crippen LogP contribution >= 0.6 is 0 Å². The molecule has 122 valence electrons. The molecule has 2 aromatic rings. The predicted octanol–water partition coefficient (Wildman–Crippen LogP) is 3.00. The molecule has 2 aromatic carbocycles. The molecule has 0 atom stereocenters. The Morgan fingerprint density at radius 1 is 1.04 bits per heavy atom. The van der Waals surface area contributed by atoms with Crippen LogP contribution in [-0.4, -0.2) is 26.2 Å². The van der Waals surface area contributed by atoms with Gasteiger partial charge in [-0.05, 0) is 36.6 Å². The first kappa shape index (κ1) is 16.9. The van der Waals surface area contributed by atoms with Gasteiger partial charge < -0.3 is 14.8 Å². The number of ether oxygens (including phenoxy) is 2. The lowest BCUT2D eigenvalue weighted by atomic mass is 10.1. The molecule has 0 aliphatic carbocycles. The summed E-state index contributed by atoms with van der Waals surface area (Å²) in [4.78, 5) is 11.9. The van der Waals surface area contributed by atoms with Gasteiger partial charge in [-0.3, -0.25) is 4.79 Å². The summed E-state index contributed by atoms with van der Waals surface area (Å²) in [6.45, 7) is 3.13. The fourth-order valence-corrected chi connectivity index (χ4v) is 2.33. The van der Waals surface area contributed by atoms with Gasteiger partial charge in [-0.25, -0.2) is 0 Å². The molecule has 0 heterocycles. The van der Waals surface area contributed by atoms with Crippen LogP contribution in [0.5, 0.6) is 11.5 Å². The molecule has 23 heavy (non-hydrogen) atoms. The summed E-state index contributed by atoms with van der Waals surface area (Å²) >= 11 is 0. The van der Waals surface area contributed by atoms with Gasteiger partial charge in [0, 0.05) is 6.54 Å². The number of rotatable bonds is 8. The summed E-state index contributed by atoms with van der Waals surface area (Å²) < 4.78 is 10.8. The van der Waals surface area contributed by atoms with Gasteiger partial charge in [0.15, 0.2) is 11.5 Å². The summed E-state index contributed by atoms with van der Waals surface area (Å²) in [5.41, 5.74) is 2.13. The van der Waals surface area contributed by atoms with Crippen molar-refractivity contribution < 1.29 is 14.3 Å². The number of nitrogens with one attached hydrogen (secondary N) is 1. The van der Waals surface area contributed by atoms with Crippen molar-refractivity contribution in [2.24, 2.45) is 0 Å². The largest absolute Gasteiger partial charge is 0.493 e. The monoisotopic (exact) mass is 313 g/mol. The second kappa shape index (κ2) is 8.83. The highest BCUT2D eigenvalue weighted by molar-refractivity contribution is 5.78. The maximum Gasteiger partial charge on any atom is 0.224 e. The molecular weight excluding hydrogens is 290 g/mol. The molecule has 0 saturated heterocycles. The van der Waals surface area contributed by atoms with Crippen LogP contribution in [0.1, 0.15) is 18.1 Å². The number of methoxy groups -OCH3 is 1. The SMILES string of the molecule is CCOc1cc(CCNC(=O)Cc2ccccc2)ccc1OC. The van der Waals surface area contributed by atoms with Crippen LogP contribution in [0, 0.1) is 0 Å². The second-order valence-electron chi connectivity index (χ2n) is 5.18. The minimum absolute atomic E-state index is 0.0368. The Morgan fingerprint density at radius 2 is 1.83 bits per heavy atom. The second-order valence-corrected chi connectivity index (χ2v) is 5.18. The molecule has 0 aliphatic heterocycles. The van der Waals surface area contributed by atoms with Crippen molar-refractivity contribution in [3.05, 3.63) is 59.7 Å². The third kappa shape index (κ3) is 5.33. The Hall–Kier alpha value is -2.49. The maximum absolute atomic E-state index is 11.9. The molecule has 0 unspecified atom stereocenters. The zero-order valence-electron chi connectivity index (χ0n) is 13.7. The van der Waals surface area contributed by atoms with Gasteiger partial charge in [0.2, 0.25) is 5.91 Å². The highest BCUT2D eigenvalue weighted by atomic mass is 16.5. The number of carbonyl (C=O) groups is 1. The normalized spacial score (nSPS) is 10.2. The van der Waals surface area contributed by atoms with Crippen molar-refractivity contribution in [2.75, 3.05) is 20.3 Å². The summed E-state index contributed by atoms with van der Waals surface area (Å²) in [5, 5.41) is 2.95. The quantitative estimate of drug-likeness (QED) is 0.815. The minimum Gasteiger partial charge on any atom is -0.493 e. The van der Waals surface area contributed by atoms with E-state index in [1.165, 1.54) is 0 Å². The highest BCUT2D eigenvalue weighted by Crippen LogP contribution is 2.28. The Balaban J connectivity index is 1.83. The number of benzene rings is 2. The third-order valence-electron chi connectivity index (χ3n) is 3.47. The topological polar surface area (TPSA) is 47.6 Å². The first-order valence-electron chi connectivity index (χ1n) is 7.83. The fourth-order valence-electron chi connectivity index (χ4n) is 2.33. The van der Waals surface area contributed by atoms with E-state index in [2.05, 4.69) is 5.32 Å². The van der Waals surface area contributed by atoms with Gasteiger partial charge in [0.25, 0.3) is 0 Å². The lowest BCUT2D eigenvalue weighted by Gasteiger charge is -2.11. The molecule has 4 nitrogen and oxygen atoms in total. The third-order valence-corrected chi connectivity index (χ3v) is 3.47. The molecule has 0 radical (unpaired) electrons. The summed E-state index contributed by atoms with van der Waals surface area (Å²) in [6.07, 6.45) is 1.16.